The molecule has 6 nitrogen and oxygen atoms in total. The molecule has 1 fully saturated rings. The average molecular weight is 430 g/mol. The maximum absolute atomic E-state index is 12.8. The fourth-order valence-corrected chi connectivity index (χ4v) is 4.93. The van der Waals surface area contributed by atoms with Gasteiger partial charge in [-0.3, -0.25) is 4.79 Å². The number of carbonyl (C=O) groups is 1. The second-order valence-corrected chi connectivity index (χ2v) is 9.11. The molecule has 3 N–H and O–H groups in total. The molecule has 1 atom stereocenters. The molecule has 148 valence electrons. The number of sulfonamides is 1. The summed E-state index contributed by atoms with van der Waals surface area (Å²) in [5.41, 5.74) is 6.17. The predicted octanol–water partition coefficient (Wildman–Crippen LogP) is 2.60. The molecule has 0 bridgehead atoms. The molecule has 1 saturated heterocycles. The average Bonchev–Trinajstić information content (AvgIpc) is 3.20. The molecule has 1 unspecified atom stereocenters. The van der Waals surface area contributed by atoms with Gasteiger partial charge in [0, 0.05) is 36.1 Å². The topological polar surface area (TPSA) is 92.5 Å². The van der Waals surface area contributed by atoms with Gasteiger partial charge < -0.3 is 10.6 Å². The summed E-state index contributed by atoms with van der Waals surface area (Å²) in [6.07, 6.45) is 2.90. The first kappa shape index (κ1) is 21.8. The standard InChI is InChI=1S/C18H23N3O3S2.ClH/c19-12-15-6-1-2-9-21(15)18(22)14-5-3-8-17(11-14)26(23,24)20-13-16-7-4-10-25-16;/h3-5,7-8,10-11,15,20H,1-2,6,9,12-13,19H2;1H. The number of hydrogen-bond acceptors (Lipinski definition) is 5. The maximum Gasteiger partial charge on any atom is 0.254 e. The first-order valence-corrected chi connectivity index (χ1v) is 11.0. The minimum Gasteiger partial charge on any atom is -0.334 e. The molecule has 3 rings (SSSR count). The van der Waals surface area contributed by atoms with E-state index in [-0.39, 0.29) is 35.8 Å². The fraction of sp³-hybridized carbons (Fsp3) is 0.389. The van der Waals surface area contributed by atoms with Gasteiger partial charge in [0.05, 0.1) is 4.90 Å². The Kier molecular flexibility index (Phi) is 7.81. The molecule has 1 aliphatic heterocycles. The predicted molar refractivity (Wildman–Crippen MR) is 110 cm³/mol. The second kappa shape index (κ2) is 9.66. The third-order valence-electron chi connectivity index (χ3n) is 4.57. The number of halogens is 1. The van der Waals surface area contributed by atoms with Crippen molar-refractivity contribution in [2.24, 2.45) is 5.73 Å². The third kappa shape index (κ3) is 5.30. The molecule has 1 aliphatic rings. The molecule has 1 aromatic heterocycles. The van der Waals surface area contributed by atoms with Crippen LogP contribution in [0.15, 0.2) is 46.7 Å². The van der Waals surface area contributed by atoms with Crippen LogP contribution in [-0.2, 0) is 16.6 Å². The van der Waals surface area contributed by atoms with Crippen molar-refractivity contribution in [3.8, 4) is 0 Å². The zero-order chi connectivity index (χ0) is 18.6. The van der Waals surface area contributed by atoms with Gasteiger partial charge in [-0.2, -0.15) is 0 Å². The zero-order valence-corrected chi connectivity index (χ0v) is 17.3. The smallest absolute Gasteiger partial charge is 0.254 e. The van der Waals surface area contributed by atoms with Gasteiger partial charge in [-0.15, -0.1) is 23.7 Å². The molecular formula is C18H24ClN3O3S2. The number of benzene rings is 1. The number of likely N-dealkylation sites (tertiary alicyclic amines) is 1. The van der Waals surface area contributed by atoms with Gasteiger partial charge in [0.15, 0.2) is 0 Å². The Morgan fingerprint density at radius 1 is 1.26 bits per heavy atom. The summed E-state index contributed by atoms with van der Waals surface area (Å²) in [6.45, 7) is 1.32. The summed E-state index contributed by atoms with van der Waals surface area (Å²) in [4.78, 5) is 15.7. The van der Waals surface area contributed by atoms with Crippen molar-refractivity contribution in [1.29, 1.82) is 0 Å². The lowest BCUT2D eigenvalue weighted by Crippen LogP contribution is -2.47. The number of nitrogens with two attached hydrogens (primary N) is 1. The Morgan fingerprint density at radius 3 is 2.78 bits per heavy atom. The van der Waals surface area contributed by atoms with Crippen molar-refractivity contribution >= 4 is 39.7 Å². The highest BCUT2D eigenvalue weighted by Gasteiger charge is 2.27. The molecule has 2 aromatic rings. The maximum atomic E-state index is 12.8. The fourth-order valence-electron chi connectivity index (χ4n) is 3.14. The van der Waals surface area contributed by atoms with E-state index < -0.39 is 10.0 Å². The zero-order valence-electron chi connectivity index (χ0n) is 14.8. The van der Waals surface area contributed by atoms with Crippen molar-refractivity contribution in [1.82, 2.24) is 9.62 Å². The van der Waals surface area contributed by atoms with E-state index in [9.17, 15) is 13.2 Å². The Morgan fingerprint density at radius 2 is 2.07 bits per heavy atom. The van der Waals surface area contributed by atoms with Gasteiger partial charge >= 0.3 is 0 Å². The van der Waals surface area contributed by atoms with Crippen LogP contribution in [0.4, 0.5) is 0 Å². The number of piperidine rings is 1. The Bertz CT molecular complexity index is 856. The van der Waals surface area contributed by atoms with E-state index >= 15 is 0 Å². The van der Waals surface area contributed by atoms with Crippen molar-refractivity contribution in [2.75, 3.05) is 13.1 Å². The van der Waals surface area contributed by atoms with Crippen LogP contribution in [0.2, 0.25) is 0 Å². The number of nitrogens with zero attached hydrogens (tertiary/aromatic N) is 1. The first-order valence-electron chi connectivity index (χ1n) is 8.64. The Labute approximate surface area is 170 Å². The molecule has 0 spiro atoms. The van der Waals surface area contributed by atoms with E-state index in [2.05, 4.69) is 4.72 Å². The highest BCUT2D eigenvalue weighted by molar-refractivity contribution is 7.89. The van der Waals surface area contributed by atoms with Crippen LogP contribution in [0.25, 0.3) is 0 Å². The molecule has 0 radical (unpaired) electrons. The summed E-state index contributed by atoms with van der Waals surface area (Å²) in [5, 5.41) is 1.90. The highest BCUT2D eigenvalue weighted by Crippen LogP contribution is 2.21. The summed E-state index contributed by atoms with van der Waals surface area (Å²) < 4.78 is 27.7. The number of nitrogens with one attached hydrogen (secondary N) is 1. The van der Waals surface area contributed by atoms with Crippen LogP contribution in [-0.4, -0.2) is 38.4 Å². The molecule has 1 amide bonds. The Hall–Kier alpha value is -1.45. The summed E-state index contributed by atoms with van der Waals surface area (Å²) in [5.74, 6) is -0.157. The minimum absolute atomic E-state index is 0. The van der Waals surface area contributed by atoms with Crippen LogP contribution in [0.1, 0.15) is 34.5 Å². The van der Waals surface area contributed by atoms with Crippen LogP contribution in [0.5, 0.6) is 0 Å². The molecule has 9 heteroatoms. The van der Waals surface area contributed by atoms with E-state index in [0.717, 1.165) is 24.1 Å². The molecule has 27 heavy (non-hydrogen) atoms. The van der Waals surface area contributed by atoms with E-state index in [1.54, 1.807) is 17.0 Å². The van der Waals surface area contributed by atoms with Crippen LogP contribution < -0.4 is 10.5 Å². The minimum atomic E-state index is -3.68. The second-order valence-electron chi connectivity index (χ2n) is 6.32. The third-order valence-corrected chi connectivity index (χ3v) is 6.84. The monoisotopic (exact) mass is 429 g/mol. The Balaban J connectivity index is 0.00000261. The van der Waals surface area contributed by atoms with Crippen LogP contribution in [0.3, 0.4) is 0 Å². The van der Waals surface area contributed by atoms with Gasteiger partial charge in [0.25, 0.3) is 5.91 Å². The van der Waals surface area contributed by atoms with Crippen molar-refractivity contribution in [3.05, 3.63) is 52.2 Å². The lowest BCUT2D eigenvalue weighted by atomic mass is 10.0. The van der Waals surface area contributed by atoms with Crippen LogP contribution >= 0.6 is 23.7 Å². The number of carbonyl (C=O) groups excluding carboxylic acids is 1. The van der Waals surface area contributed by atoms with Crippen molar-refractivity contribution in [2.45, 2.75) is 36.7 Å². The first-order chi connectivity index (χ1) is 12.5. The number of hydrogen-bond donors (Lipinski definition) is 2. The summed E-state index contributed by atoms with van der Waals surface area (Å²) >= 11 is 1.49. The van der Waals surface area contributed by atoms with E-state index in [4.69, 9.17) is 5.73 Å². The van der Waals surface area contributed by atoms with Crippen LogP contribution in [0, 0.1) is 0 Å². The number of thiophene rings is 1. The number of amides is 1. The molecule has 0 aliphatic carbocycles. The number of rotatable bonds is 6. The van der Waals surface area contributed by atoms with Gasteiger partial charge in [0.1, 0.15) is 0 Å². The van der Waals surface area contributed by atoms with Gasteiger partial charge in [-0.1, -0.05) is 12.1 Å². The molecule has 1 aromatic carbocycles. The van der Waals surface area contributed by atoms with E-state index in [0.29, 0.717) is 18.7 Å². The summed E-state index contributed by atoms with van der Waals surface area (Å²) in [6, 6.07) is 9.98. The van der Waals surface area contributed by atoms with Gasteiger partial charge in [-0.05, 0) is 48.9 Å². The molecule has 0 saturated carbocycles. The highest BCUT2D eigenvalue weighted by atomic mass is 35.5. The van der Waals surface area contributed by atoms with E-state index in [1.165, 1.54) is 23.5 Å². The van der Waals surface area contributed by atoms with Gasteiger partial charge in [0.2, 0.25) is 10.0 Å². The largest absolute Gasteiger partial charge is 0.334 e. The quantitative estimate of drug-likeness (QED) is 0.738. The normalized spacial score (nSPS) is 17.4. The van der Waals surface area contributed by atoms with Crippen molar-refractivity contribution < 1.29 is 13.2 Å². The van der Waals surface area contributed by atoms with Crippen molar-refractivity contribution in [3.63, 3.8) is 0 Å². The molecular weight excluding hydrogens is 406 g/mol. The summed E-state index contributed by atoms with van der Waals surface area (Å²) in [7, 11) is -3.68. The lowest BCUT2D eigenvalue weighted by Gasteiger charge is -2.35. The van der Waals surface area contributed by atoms with Gasteiger partial charge in [-0.25, -0.2) is 13.1 Å². The SMILES string of the molecule is Cl.NCC1CCCCN1C(=O)c1cccc(S(=O)(=O)NCc2cccs2)c1. The van der Waals surface area contributed by atoms with E-state index in [1.807, 2.05) is 17.5 Å². The molecule has 2 heterocycles. The lowest BCUT2D eigenvalue weighted by molar-refractivity contribution is 0.0623.